The first-order chi connectivity index (χ1) is 7.22. The van der Waals surface area contributed by atoms with Crippen LogP contribution in [0.2, 0.25) is 0 Å². The molecule has 0 radical (unpaired) electrons. The second kappa shape index (κ2) is 5.00. The highest BCUT2D eigenvalue weighted by atomic mass is 79.9. The molecule has 4 heteroatoms. The van der Waals surface area contributed by atoms with Gasteiger partial charge >= 0.3 is 0 Å². The molecule has 2 aromatic rings. The van der Waals surface area contributed by atoms with E-state index in [0.717, 1.165) is 10.2 Å². The minimum Gasteiger partial charge on any atom is -0.147 e. The lowest BCUT2D eigenvalue weighted by Crippen LogP contribution is -1.90. The largest absolute Gasteiger partial charge is 0.147 e. The van der Waals surface area contributed by atoms with Gasteiger partial charge in [-0.05, 0) is 51.5 Å². The molecule has 80 valence electrons. The fourth-order valence-corrected chi connectivity index (χ4v) is 4.43. The monoisotopic (exact) mass is 320 g/mol. The molecule has 0 aliphatic rings. The first-order valence-corrected chi connectivity index (χ1v) is 7.60. The number of alkyl halides is 1. The summed E-state index contributed by atoms with van der Waals surface area (Å²) in [5, 5.41) is 2.13. The Labute approximate surface area is 111 Å². The highest BCUT2D eigenvalue weighted by Crippen LogP contribution is 2.39. The Morgan fingerprint density at radius 3 is 2.80 bits per heavy atom. The minimum absolute atomic E-state index is 0.0104. The molecule has 0 saturated carbocycles. The first-order valence-electron chi connectivity index (χ1n) is 4.68. The Hall–Kier alpha value is 0.170. The van der Waals surface area contributed by atoms with Gasteiger partial charge in [-0.25, -0.2) is 0 Å². The zero-order valence-electron chi connectivity index (χ0n) is 8.17. The van der Waals surface area contributed by atoms with Crippen LogP contribution in [0.3, 0.4) is 0 Å². The van der Waals surface area contributed by atoms with E-state index < -0.39 is 0 Å². The Bertz CT molecular complexity index is 447. The van der Waals surface area contributed by atoms with E-state index in [4.69, 9.17) is 11.6 Å². The summed E-state index contributed by atoms with van der Waals surface area (Å²) in [4.78, 5) is 2.49. The van der Waals surface area contributed by atoms with E-state index in [1.807, 2.05) is 0 Å². The number of thiophene rings is 2. The highest BCUT2D eigenvalue weighted by molar-refractivity contribution is 9.11. The van der Waals surface area contributed by atoms with Gasteiger partial charge in [0.05, 0.1) is 3.79 Å². The molecule has 0 aromatic carbocycles. The quantitative estimate of drug-likeness (QED) is 0.658. The highest BCUT2D eigenvalue weighted by Gasteiger charge is 2.17. The van der Waals surface area contributed by atoms with Gasteiger partial charge < -0.3 is 0 Å². The lowest BCUT2D eigenvalue weighted by molar-refractivity contribution is 1.09. The molecule has 1 atom stereocenters. The molecule has 0 N–H and O–H groups in total. The molecule has 0 amide bonds. The summed E-state index contributed by atoms with van der Waals surface area (Å²) in [6, 6.07) is 6.30. The standard InChI is InChI=1S/C11H10BrClS2/c1-2-7-5-6-14-11(7)10(13)8-3-4-9(12)15-8/h3-6,10H,2H2,1H3. The third kappa shape index (κ3) is 2.47. The first kappa shape index (κ1) is 11.6. The van der Waals surface area contributed by atoms with Gasteiger partial charge in [-0.2, -0.15) is 0 Å². The maximum Gasteiger partial charge on any atom is 0.102 e. The molecule has 0 bridgehead atoms. The van der Waals surface area contributed by atoms with Crippen molar-refractivity contribution in [2.45, 2.75) is 18.7 Å². The molecule has 0 fully saturated rings. The van der Waals surface area contributed by atoms with Gasteiger partial charge in [0.15, 0.2) is 0 Å². The minimum atomic E-state index is 0.0104. The van der Waals surface area contributed by atoms with Crippen molar-refractivity contribution in [1.29, 1.82) is 0 Å². The van der Waals surface area contributed by atoms with Crippen molar-refractivity contribution in [3.8, 4) is 0 Å². The van der Waals surface area contributed by atoms with E-state index >= 15 is 0 Å². The van der Waals surface area contributed by atoms with Crippen molar-refractivity contribution in [3.63, 3.8) is 0 Å². The van der Waals surface area contributed by atoms with Crippen LogP contribution in [0.25, 0.3) is 0 Å². The lowest BCUT2D eigenvalue weighted by atomic mass is 10.1. The Morgan fingerprint density at radius 2 is 2.20 bits per heavy atom. The van der Waals surface area contributed by atoms with Gasteiger partial charge in [0.1, 0.15) is 5.38 Å². The summed E-state index contributed by atoms with van der Waals surface area (Å²) in [5.41, 5.74) is 1.37. The van der Waals surface area contributed by atoms with Crippen molar-refractivity contribution in [2.75, 3.05) is 0 Å². The van der Waals surface area contributed by atoms with Crippen LogP contribution < -0.4 is 0 Å². The predicted octanol–water partition coefficient (Wildman–Crippen LogP) is 5.46. The summed E-state index contributed by atoms with van der Waals surface area (Å²) in [5.74, 6) is 0. The molecule has 0 aliphatic heterocycles. The van der Waals surface area contributed by atoms with Crippen LogP contribution in [0, 0.1) is 0 Å². The number of halogens is 2. The summed E-state index contributed by atoms with van der Waals surface area (Å²) >= 11 is 13.4. The van der Waals surface area contributed by atoms with Crippen LogP contribution in [-0.4, -0.2) is 0 Å². The lowest BCUT2D eigenvalue weighted by Gasteiger charge is -2.07. The maximum absolute atomic E-state index is 6.47. The fraction of sp³-hybridized carbons (Fsp3) is 0.273. The van der Waals surface area contributed by atoms with Crippen molar-refractivity contribution < 1.29 is 0 Å². The molecule has 1 unspecified atom stereocenters. The average Bonchev–Trinajstić information content (AvgIpc) is 2.84. The van der Waals surface area contributed by atoms with Crippen LogP contribution in [0.1, 0.15) is 27.6 Å². The van der Waals surface area contributed by atoms with E-state index in [2.05, 4.69) is 46.4 Å². The van der Waals surface area contributed by atoms with Crippen LogP contribution in [0.5, 0.6) is 0 Å². The second-order valence-corrected chi connectivity index (χ2v) is 7.05. The van der Waals surface area contributed by atoms with Crippen molar-refractivity contribution in [2.24, 2.45) is 0 Å². The molecule has 2 aromatic heterocycles. The van der Waals surface area contributed by atoms with Crippen molar-refractivity contribution in [1.82, 2.24) is 0 Å². The van der Waals surface area contributed by atoms with Gasteiger partial charge in [-0.15, -0.1) is 34.3 Å². The molecular weight excluding hydrogens is 312 g/mol. The maximum atomic E-state index is 6.47. The molecule has 2 rings (SSSR count). The van der Waals surface area contributed by atoms with E-state index in [1.165, 1.54) is 15.3 Å². The second-order valence-electron chi connectivity index (χ2n) is 3.17. The predicted molar refractivity (Wildman–Crippen MR) is 73.4 cm³/mol. The number of hydrogen-bond donors (Lipinski definition) is 0. The van der Waals surface area contributed by atoms with E-state index in [0.29, 0.717) is 0 Å². The van der Waals surface area contributed by atoms with Crippen LogP contribution >= 0.6 is 50.2 Å². The summed E-state index contributed by atoms with van der Waals surface area (Å²) in [6.45, 7) is 2.17. The van der Waals surface area contributed by atoms with Crippen molar-refractivity contribution in [3.05, 3.63) is 42.7 Å². The van der Waals surface area contributed by atoms with Gasteiger partial charge in [0, 0.05) is 9.75 Å². The van der Waals surface area contributed by atoms with E-state index in [1.54, 1.807) is 22.7 Å². The van der Waals surface area contributed by atoms with Crippen LogP contribution in [-0.2, 0) is 6.42 Å². The molecular formula is C11H10BrClS2. The normalized spacial score (nSPS) is 13.0. The fourth-order valence-electron chi connectivity index (χ4n) is 1.46. The Balaban J connectivity index is 2.31. The molecule has 2 heterocycles. The Morgan fingerprint density at radius 1 is 1.40 bits per heavy atom. The smallest absolute Gasteiger partial charge is 0.102 e. The number of aryl methyl sites for hydroxylation is 1. The van der Waals surface area contributed by atoms with Gasteiger partial charge in [-0.1, -0.05) is 6.92 Å². The van der Waals surface area contributed by atoms with Crippen LogP contribution in [0.15, 0.2) is 27.4 Å². The molecule has 15 heavy (non-hydrogen) atoms. The van der Waals surface area contributed by atoms with E-state index in [-0.39, 0.29) is 5.38 Å². The average molecular weight is 322 g/mol. The van der Waals surface area contributed by atoms with Gasteiger partial charge in [0.2, 0.25) is 0 Å². The zero-order chi connectivity index (χ0) is 10.8. The Kier molecular flexibility index (Phi) is 3.88. The number of rotatable bonds is 3. The number of hydrogen-bond acceptors (Lipinski definition) is 2. The summed E-state index contributed by atoms with van der Waals surface area (Å²) in [7, 11) is 0. The van der Waals surface area contributed by atoms with E-state index in [9.17, 15) is 0 Å². The molecule has 0 saturated heterocycles. The van der Waals surface area contributed by atoms with Gasteiger partial charge in [-0.3, -0.25) is 0 Å². The third-order valence-corrected chi connectivity index (χ3v) is 5.66. The zero-order valence-corrected chi connectivity index (χ0v) is 12.1. The molecule has 0 spiro atoms. The molecule has 0 nitrogen and oxygen atoms in total. The van der Waals surface area contributed by atoms with Gasteiger partial charge in [0.25, 0.3) is 0 Å². The summed E-state index contributed by atoms with van der Waals surface area (Å²) < 4.78 is 1.14. The van der Waals surface area contributed by atoms with Crippen LogP contribution in [0.4, 0.5) is 0 Å². The third-order valence-electron chi connectivity index (χ3n) is 2.24. The topological polar surface area (TPSA) is 0 Å². The van der Waals surface area contributed by atoms with Crippen molar-refractivity contribution >= 4 is 50.2 Å². The summed E-state index contributed by atoms with van der Waals surface area (Å²) in [6.07, 6.45) is 1.05. The SMILES string of the molecule is CCc1ccsc1C(Cl)c1ccc(Br)s1. The molecule has 0 aliphatic carbocycles.